The average Bonchev–Trinajstić information content (AvgIpc) is 3.64. The summed E-state index contributed by atoms with van der Waals surface area (Å²) in [6.45, 7) is 1.05. The summed E-state index contributed by atoms with van der Waals surface area (Å²) in [6, 6.07) is 10.3. The molecule has 0 radical (unpaired) electrons. The standard InChI is InChI=1S/C27H23ClF2N2O3/c28-23-18(29)12-19-17(13-27(35-19,20-7-4-9-32-20)15-5-2-1-3-6-15)21(23)22-16(26(31)33)11-14-8-10-34-25(14)24(22)30/h1-3,5-6,11-12,20,32H,4,7-10,13H2,(H2,31,33)/t20-,27-/m0/s1/i12D. The zero-order valence-corrected chi connectivity index (χ0v) is 19.5. The van der Waals surface area contributed by atoms with Gasteiger partial charge in [0, 0.05) is 41.1 Å². The van der Waals surface area contributed by atoms with Crippen LogP contribution in [-0.4, -0.2) is 25.1 Å². The molecule has 3 heterocycles. The predicted octanol–water partition coefficient (Wildman–Crippen LogP) is 4.90. The lowest BCUT2D eigenvalue weighted by Crippen LogP contribution is -2.48. The van der Waals surface area contributed by atoms with Gasteiger partial charge >= 0.3 is 0 Å². The molecule has 1 amide bonds. The van der Waals surface area contributed by atoms with Crippen LogP contribution >= 0.6 is 11.6 Å². The summed E-state index contributed by atoms with van der Waals surface area (Å²) < 4.78 is 51.9. The van der Waals surface area contributed by atoms with E-state index in [2.05, 4.69) is 5.32 Å². The van der Waals surface area contributed by atoms with Crippen LogP contribution in [0, 0.1) is 11.6 Å². The zero-order chi connectivity index (χ0) is 25.2. The van der Waals surface area contributed by atoms with Crippen molar-refractivity contribution in [1.29, 1.82) is 0 Å². The minimum atomic E-state index is -1.05. The number of nitrogens with two attached hydrogens (primary N) is 1. The Morgan fingerprint density at radius 2 is 2.06 bits per heavy atom. The lowest BCUT2D eigenvalue weighted by molar-refractivity contribution is 0.0539. The van der Waals surface area contributed by atoms with Gasteiger partial charge in [-0.25, -0.2) is 8.78 Å². The predicted molar refractivity (Wildman–Crippen MR) is 128 cm³/mol. The smallest absolute Gasteiger partial charge is 0.249 e. The molecule has 1 fully saturated rings. The van der Waals surface area contributed by atoms with Crippen LogP contribution < -0.4 is 20.5 Å². The van der Waals surface area contributed by atoms with Crippen LogP contribution in [0.4, 0.5) is 8.78 Å². The summed E-state index contributed by atoms with van der Waals surface area (Å²) in [5.41, 5.74) is 6.04. The van der Waals surface area contributed by atoms with E-state index in [1.54, 1.807) is 0 Å². The number of hydrogen-bond donors (Lipinski definition) is 2. The Bertz CT molecular complexity index is 1410. The molecule has 5 nitrogen and oxygen atoms in total. The summed E-state index contributed by atoms with van der Waals surface area (Å²) in [6.07, 6.45) is 2.35. The first kappa shape index (κ1) is 21.1. The second-order valence-corrected chi connectivity index (χ2v) is 9.56. The molecule has 1 saturated heterocycles. The molecule has 3 aliphatic heterocycles. The molecule has 3 aliphatic rings. The first-order valence-corrected chi connectivity index (χ1v) is 12.0. The van der Waals surface area contributed by atoms with Crippen molar-refractivity contribution < 1.29 is 24.4 Å². The first-order valence-electron chi connectivity index (χ1n) is 12.1. The van der Waals surface area contributed by atoms with E-state index >= 15 is 8.78 Å². The maximum atomic E-state index is 16.0. The van der Waals surface area contributed by atoms with Gasteiger partial charge in [0.15, 0.2) is 17.2 Å². The second kappa shape index (κ2) is 8.21. The molecule has 8 heteroatoms. The number of halogens is 3. The molecule has 3 N–H and O–H groups in total. The molecule has 6 rings (SSSR count). The summed E-state index contributed by atoms with van der Waals surface area (Å²) in [4.78, 5) is 12.5. The lowest BCUT2D eigenvalue weighted by Gasteiger charge is -2.35. The summed E-state index contributed by atoms with van der Waals surface area (Å²) in [5.74, 6) is -2.76. The number of nitrogens with one attached hydrogen (secondary N) is 1. The number of hydrogen-bond acceptors (Lipinski definition) is 4. The van der Waals surface area contributed by atoms with Gasteiger partial charge in [-0.1, -0.05) is 41.9 Å². The van der Waals surface area contributed by atoms with E-state index in [-0.39, 0.29) is 47.3 Å². The second-order valence-electron chi connectivity index (χ2n) is 9.18. The van der Waals surface area contributed by atoms with Crippen LogP contribution in [0.5, 0.6) is 11.5 Å². The van der Waals surface area contributed by atoms with Gasteiger partial charge in [-0.05, 0) is 31.0 Å². The van der Waals surface area contributed by atoms with Crippen molar-refractivity contribution in [3.63, 3.8) is 0 Å². The number of carbonyl (C=O) groups excluding carboxylic acids is 1. The maximum Gasteiger partial charge on any atom is 0.249 e. The van der Waals surface area contributed by atoms with Gasteiger partial charge in [0.1, 0.15) is 11.6 Å². The van der Waals surface area contributed by atoms with Crippen molar-refractivity contribution in [3.05, 3.63) is 81.4 Å². The van der Waals surface area contributed by atoms with Gasteiger partial charge in [-0.3, -0.25) is 4.79 Å². The molecule has 180 valence electrons. The third-order valence-electron chi connectivity index (χ3n) is 7.25. The molecule has 0 aliphatic carbocycles. The number of amides is 1. The van der Waals surface area contributed by atoms with E-state index in [0.29, 0.717) is 17.5 Å². The van der Waals surface area contributed by atoms with Gasteiger partial charge in [0.2, 0.25) is 5.91 Å². The van der Waals surface area contributed by atoms with Crippen LogP contribution in [0.2, 0.25) is 5.02 Å². The van der Waals surface area contributed by atoms with Gasteiger partial charge in [-0.15, -0.1) is 0 Å². The third-order valence-corrected chi connectivity index (χ3v) is 7.61. The van der Waals surface area contributed by atoms with Crippen molar-refractivity contribution in [1.82, 2.24) is 5.32 Å². The van der Waals surface area contributed by atoms with Crippen LogP contribution in [0.15, 0.2) is 42.4 Å². The SMILES string of the molecule is [2H]c1c(F)c(Cl)c(-c2c(C(N)=O)cc3c(c2F)OCC3)c2c1O[C@@](c1ccccc1)([C@@H]1CCCN1)C2. The molecule has 35 heavy (non-hydrogen) atoms. The van der Waals surface area contributed by atoms with Crippen LogP contribution in [0.1, 0.15) is 41.3 Å². The van der Waals surface area contributed by atoms with E-state index in [1.807, 2.05) is 30.3 Å². The van der Waals surface area contributed by atoms with Crippen LogP contribution in [0.25, 0.3) is 11.1 Å². The quantitative estimate of drug-likeness (QED) is 0.537. The largest absolute Gasteiger partial charge is 0.490 e. The number of primary amides is 1. The molecule has 0 unspecified atom stereocenters. The summed E-state index contributed by atoms with van der Waals surface area (Å²) in [5, 5.41) is 3.02. The topological polar surface area (TPSA) is 73.6 Å². The van der Waals surface area contributed by atoms with Crippen molar-refractivity contribution in [2.24, 2.45) is 5.73 Å². The van der Waals surface area contributed by atoms with Gasteiger partial charge < -0.3 is 20.5 Å². The molecular weight excluding hydrogens is 474 g/mol. The van der Waals surface area contributed by atoms with Crippen LogP contribution in [-0.2, 0) is 18.4 Å². The van der Waals surface area contributed by atoms with Gasteiger partial charge in [0.25, 0.3) is 0 Å². The number of fused-ring (bicyclic) bond motifs is 2. The Morgan fingerprint density at radius 3 is 2.77 bits per heavy atom. The number of carbonyl (C=O) groups is 1. The number of ether oxygens (including phenoxy) is 2. The molecular formula is C27H23ClF2N2O3. The number of rotatable bonds is 4. The molecule has 0 spiro atoms. The highest BCUT2D eigenvalue weighted by Gasteiger charge is 2.50. The van der Waals surface area contributed by atoms with Gasteiger partial charge in [0.05, 0.1) is 24.6 Å². The third kappa shape index (κ3) is 3.32. The van der Waals surface area contributed by atoms with Crippen LogP contribution in [0.3, 0.4) is 0 Å². The molecule has 0 bridgehead atoms. The Kier molecular flexibility index (Phi) is 4.96. The zero-order valence-electron chi connectivity index (χ0n) is 19.7. The van der Waals surface area contributed by atoms with Crippen molar-refractivity contribution >= 4 is 17.5 Å². The lowest BCUT2D eigenvalue weighted by atomic mass is 9.80. The van der Waals surface area contributed by atoms with E-state index < -0.39 is 34.2 Å². The van der Waals surface area contributed by atoms with Crippen molar-refractivity contribution in [3.8, 4) is 22.6 Å². The molecule has 0 saturated carbocycles. The fourth-order valence-corrected chi connectivity index (χ4v) is 5.93. The molecule has 3 aromatic carbocycles. The average molecular weight is 498 g/mol. The normalized spacial score (nSPS) is 22.8. The Balaban J connectivity index is 1.64. The molecule has 2 atom stereocenters. The van der Waals surface area contributed by atoms with E-state index in [4.69, 9.17) is 28.2 Å². The van der Waals surface area contributed by atoms with Crippen molar-refractivity contribution in [2.45, 2.75) is 37.3 Å². The minimum Gasteiger partial charge on any atom is -0.490 e. The summed E-state index contributed by atoms with van der Waals surface area (Å²) >= 11 is 6.49. The number of benzene rings is 3. The molecule has 0 aromatic heterocycles. The maximum absolute atomic E-state index is 16.0. The fraction of sp³-hybridized carbons (Fsp3) is 0.296. The highest BCUT2D eigenvalue weighted by atomic mass is 35.5. The van der Waals surface area contributed by atoms with E-state index in [1.165, 1.54) is 6.07 Å². The summed E-state index contributed by atoms with van der Waals surface area (Å²) in [7, 11) is 0. The fourth-order valence-electron chi connectivity index (χ4n) is 5.67. The Hall–Kier alpha value is -3.16. The Labute approximate surface area is 207 Å². The van der Waals surface area contributed by atoms with Gasteiger partial charge in [-0.2, -0.15) is 0 Å². The molecule has 3 aromatic rings. The first-order chi connectivity index (χ1) is 17.3. The highest BCUT2D eigenvalue weighted by molar-refractivity contribution is 6.34. The monoisotopic (exact) mass is 497 g/mol. The van der Waals surface area contributed by atoms with E-state index in [0.717, 1.165) is 24.9 Å². The Morgan fingerprint density at radius 1 is 1.26 bits per heavy atom. The minimum absolute atomic E-state index is 0.000808. The van der Waals surface area contributed by atoms with Crippen molar-refractivity contribution in [2.75, 3.05) is 13.2 Å². The van der Waals surface area contributed by atoms with E-state index in [9.17, 15) is 4.79 Å². The highest BCUT2D eigenvalue weighted by Crippen LogP contribution is 2.53.